The first kappa shape index (κ1) is 12.9. The largest absolute Gasteiger partial charge is 0.469 e. The second-order valence-electron chi connectivity index (χ2n) is 4.20. The monoisotopic (exact) mass is 252 g/mol. The number of quaternary nitrogens is 1. The Kier molecular flexibility index (Phi) is 4.92. The lowest BCUT2D eigenvalue weighted by Crippen LogP contribution is -2.49. The molecule has 1 saturated heterocycles. The molecule has 1 heterocycles. The lowest BCUT2D eigenvalue weighted by Gasteiger charge is -2.36. The van der Waals surface area contributed by atoms with Crippen molar-refractivity contribution in [1.82, 2.24) is 0 Å². The summed E-state index contributed by atoms with van der Waals surface area (Å²) >= 11 is 0. The molecule has 0 radical (unpaired) electrons. The van der Waals surface area contributed by atoms with E-state index in [1.807, 2.05) is 0 Å². The quantitative estimate of drug-likeness (QED) is 0.519. The molecule has 0 aromatic heterocycles. The van der Waals surface area contributed by atoms with Gasteiger partial charge in [-0.2, -0.15) is 0 Å². The summed E-state index contributed by atoms with van der Waals surface area (Å²) in [6.45, 7) is 2.10. The number of ether oxygens (including phenoxy) is 1. The van der Waals surface area contributed by atoms with Gasteiger partial charge in [-0.1, -0.05) is 0 Å². The number of likely N-dealkylation sites (tertiary alicyclic amines) is 1. The van der Waals surface area contributed by atoms with Crippen molar-refractivity contribution >= 4 is 23.0 Å². The van der Waals surface area contributed by atoms with Gasteiger partial charge in [0.25, 0.3) is 0 Å². The average molecular weight is 253 g/mol. The molecule has 0 bridgehead atoms. The van der Waals surface area contributed by atoms with Crippen LogP contribution in [-0.4, -0.2) is 44.7 Å². The lowest BCUT2D eigenvalue weighted by atomic mass is 9.97. The van der Waals surface area contributed by atoms with Gasteiger partial charge in [-0.3, -0.25) is 4.79 Å². The molecular formula is C9H19BrNO2+. The Morgan fingerprint density at radius 1 is 1.46 bits per heavy atom. The van der Waals surface area contributed by atoms with Crippen LogP contribution in [0.4, 0.5) is 0 Å². The fraction of sp³-hybridized carbons (Fsp3) is 0.889. The Bertz CT molecular complexity index is 182. The van der Waals surface area contributed by atoms with E-state index in [9.17, 15) is 4.79 Å². The molecule has 1 rings (SSSR count). The number of hydrogen-bond donors (Lipinski definition) is 0. The molecule has 78 valence electrons. The van der Waals surface area contributed by atoms with Crippen LogP contribution in [0, 0.1) is 5.92 Å². The third-order valence-corrected chi connectivity index (χ3v) is 2.57. The third kappa shape index (κ3) is 3.65. The summed E-state index contributed by atoms with van der Waals surface area (Å²) in [4.78, 5) is 11.2. The normalized spacial score (nSPS) is 25.9. The van der Waals surface area contributed by atoms with Crippen LogP contribution in [0.3, 0.4) is 0 Å². The zero-order valence-corrected chi connectivity index (χ0v) is 10.3. The SMILES string of the molecule is Br.COC(=O)C1CCC[N+](C)(C)C1. The molecular weight excluding hydrogens is 234 g/mol. The Morgan fingerprint density at radius 3 is 2.54 bits per heavy atom. The number of esters is 1. The second-order valence-corrected chi connectivity index (χ2v) is 4.20. The Balaban J connectivity index is 0.00000144. The Morgan fingerprint density at radius 2 is 2.08 bits per heavy atom. The first-order chi connectivity index (χ1) is 5.55. The molecule has 1 aliphatic rings. The minimum Gasteiger partial charge on any atom is -0.469 e. The first-order valence-corrected chi connectivity index (χ1v) is 4.45. The fourth-order valence-corrected chi connectivity index (χ4v) is 1.90. The highest BCUT2D eigenvalue weighted by molar-refractivity contribution is 8.93. The van der Waals surface area contributed by atoms with Crippen LogP contribution >= 0.6 is 17.0 Å². The molecule has 0 spiro atoms. The highest BCUT2D eigenvalue weighted by Crippen LogP contribution is 2.20. The molecule has 0 aliphatic carbocycles. The van der Waals surface area contributed by atoms with E-state index in [2.05, 4.69) is 14.1 Å². The molecule has 1 aliphatic heterocycles. The van der Waals surface area contributed by atoms with Crippen molar-refractivity contribution in [3.8, 4) is 0 Å². The van der Waals surface area contributed by atoms with Crippen LogP contribution in [0.25, 0.3) is 0 Å². The van der Waals surface area contributed by atoms with Crippen LogP contribution < -0.4 is 0 Å². The maximum atomic E-state index is 11.2. The highest BCUT2D eigenvalue weighted by atomic mass is 79.9. The number of rotatable bonds is 1. The predicted molar refractivity (Wildman–Crippen MR) is 56.9 cm³/mol. The Labute approximate surface area is 90.4 Å². The van der Waals surface area contributed by atoms with Crippen LogP contribution in [0.2, 0.25) is 0 Å². The van der Waals surface area contributed by atoms with E-state index in [4.69, 9.17) is 4.74 Å². The summed E-state index contributed by atoms with van der Waals surface area (Å²) < 4.78 is 5.68. The fourth-order valence-electron chi connectivity index (χ4n) is 1.90. The van der Waals surface area contributed by atoms with Crippen LogP contribution in [-0.2, 0) is 9.53 Å². The molecule has 0 amide bonds. The van der Waals surface area contributed by atoms with E-state index in [1.165, 1.54) is 13.7 Å². The molecule has 0 aromatic rings. The van der Waals surface area contributed by atoms with Crippen LogP contribution in [0.5, 0.6) is 0 Å². The van der Waals surface area contributed by atoms with Gasteiger partial charge in [-0.05, 0) is 12.8 Å². The summed E-state index contributed by atoms with van der Waals surface area (Å²) in [5, 5.41) is 0. The van der Waals surface area contributed by atoms with E-state index >= 15 is 0 Å². The standard InChI is InChI=1S/C9H18NO2.BrH/c1-10(2)6-4-5-8(7-10)9(11)12-3;/h8H,4-7H2,1-3H3;1H/q+1;. The van der Waals surface area contributed by atoms with Gasteiger partial charge < -0.3 is 9.22 Å². The molecule has 3 nitrogen and oxygen atoms in total. The van der Waals surface area contributed by atoms with Crippen molar-refractivity contribution < 1.29 is 14.0 Å². The molecule has 1 unspecified atom stereocenters. The average Bonchev–Trinajstić information content (AvgIpc) is 2.01. The van der Waals surface area contributed by atoms with Gasteiger partial charge in [0.05, 0.1) is 34.3 Å². The zero-order chi connectivity index (χ0) is 9.19. The lowest BCUT2D eigenvalue weighted by molar-refractivity contribution is -0.897. The van der Waals surface area contributed by atoms with Crippen molar-refractivity contribution in [3.63, 3.8) is 0 Å². The van der Waals surface area contributed by atoms with Gasteiger partial charge in [0.2, 0.25) is 0 Å². The summed E-state index contributed by atoms with van der Waals surface area (Å²) in [6.07, 6.45) is 2.13. The molecule has 1 atom stereocenters. The molecule has 4 heteroatoms. The molecule has 13 heavy (non-hydrogen) atoms. The topological polar surface area (TPSA) is 26.3 Å². The number of halogens is 1. The number of methoxy groups -OCH3 is 1. The van der Waals surface area contributed by atoms with E-state index < -0.39 is 0 Å². The third-order valence-electron chi connectivity index (χ3n) is 2.57. The smallest absolute Gasteiger partial charge is 0.314 e. The highest BCUT2D eigenvalue weighted by Gasteiger charge is 2.32. The number of nitrogens with zero attached hydrogens (tertiary/aromatic N) is 1. The Hall–Kier alpha value is -0.0900. The maximum Gasteiger partial charge on any atom is 0.314 e. The molecule has 0 N–H and O–H groups in total. The zero-order valence-electron chi connectivity index (χ0n) is 8.58. The maximum absolute atomic E-state index is 11.2. The van der Waals surface area contributed by atoms with Crippen molar-refractivity contribution in [2.24, 2.45) is 5.92 Å². The summed E-state index contributed by atoms with van der Waals surface area (Å²) in [6, 6.07) is 0. The minimum absolute atomic E-state index is 0. The van der Waals surface area contributed by atoms with Gasteiger partial charge in [0, 0.05) is 0 Å². The minimum atomic E-state index is -0.0408. The van der Waals surface area contributed by atoms with Crippen LogP contribution in [0.15, 0.2) is 0 Å². The molecule has 1 fully saturated rings. The van der Waals surface area contributed by atoms with Gasteiger partial charge in [-0.25, -0.2) is 0 Å². The predicted octanol–water partition coefficient (Wildman–Crippen LogP) is 1.22. The summed E-state index contributed by atoms with van der Waals surface area (Å²) in [5.74, 6) is 0.0830. The van der Waals surface area contributed by atoms with E-state index in [0.717, 1.165) is 23.9 Å². The van der Waals surface area contributed by atoms with Crippen molar-refractivity contribution in [3.05, 3.63) is 0 Å². The van der Waals surface area contributed by atoms with Gasteiger partial charge >= 0.3 is 5.97 Å². The number of hydrogen-bond acceptors (Lipinski definition) is 2. The van der Waals surface area contributed by atoms with Crippen LogP contribution in [0.1, 0.15) is 12.8 Å². The van der Waals surface area contributed by atoms with Gasteiger partial charge in [0.1, 0.15) is 5.92 Å². The molecule has 0 saturated carbocycles. The first-order valence-electron chi connectivity index (χ1n) is 4.45. The van der Waals surface area contributed by atoms with Crippen molar-refractivity contribution in [2.45, 2.75) is 12.8 Å². The molecule has 0 aromatic carbocycles. The van der Waals surface area contributed by atoms with E-state index in [-0.39, 0.29) is 28.9 Å². The number of carbonyl (C=O) groups is 1. The second kappa shape index (κ2) is 4.96. The number of carbonyl (C=O) groups excluding carboxylic acids is 1. The van der Waals surface area contributed by atoms with Gasteiger partial charge in [0.15, 0.2) is 0 Å². The van der Waals surface area contributed by atoms with Crippen molar-refractivity contribution in [2.75, 3.05) is 34.3 Å². The van der Waals surface area contributed by atoms with E-state index in [0.29, 0.717) is 0 Å². The summed E-state index contributed by atoms with van der Waals surface area (Å²) in [7, 11) is 5.79. The van der Waals surface area contributed by atoms with Gasteiger partial charge in [-0.15, -0.1) is 17.0 Å². The van der Waals surface area contributed by atoms with Crippen molar-refractivity contribution in [1.29, 1.82) is 0 Å². The number of piperidine rings is 1. The van der Waals surface area contributed by atoms with E-state index in [1.54, 1.807) is 0 Å². The summed E-state index contributed by atoms with van der Waals surface area (Å²) in [5.41, 5.74) is 0.